The van der Waals surface area contributed by atoms with Crippen LogP contribution in [0.3, 0.4) is 0 Å². The molecule has 9 heteroatoms. The predicted molar refractivity (Wildman–Crippen MR) is 76.4 cm³/mol. The van der Waals surface area contributed by atoms with Crippen molar-refractivity contribution in [3.05, 3.63) is 59.2 Å². The van der Waals surface area contributed by atoms with Crippen molar-refractivity contribution in [2.75, 3.05) is 0 Å². The van der Waals surface area contributed by atoms with Gasteiger partial charge in [-0.15, -0.1) is 0 Å². The summed E-state index contributed by atoms with van der Waals surface area (Å²) in [6.45, 7) is 0. The number of hydrogen-bond acceptors (Lipinski definition) is 1. The maximum absolute atomic E-state index is 13.9. The Kier molecular flexibility index (Phi) is 5.65. The highest BCUT2D eigenvalue weighted by Crippen LogP contribution is 2.34. The molecule has 0 aliphatic rings. The lowest BCUT2D eigenvalue weighted by Crippen LogP contribution is -2.11. The van der Waals surface area contributed by atoms with Gasteiger partial charge in [-0.25, -0.2) is 8.78 Å². The van der Waals surface area contributed by atoms with E-state index in [-0.39, 0.29) is 20.9 Å². The van der Waals surface area contributed by atoms with Gasteiger partial charge in [-0.2, -0.15) is 26.3 Å². The Morgan fingerprint density at radius 3 is 1.28 bits per heavy atom. The van der Waals surface area contributed by atoms with Crippen molar-refractivity contribution in [3.8, 4) is 0 Å². The highest BCUT2D eigenvalue weighted by Gasteiger charge is 2.29. The number of rotatable bonds is 4. The molecule has 0 spiro atoms. The maximum atomic E-state index is 13.9. The normalized spacial score (nSPS) is 12.5. The first-order chi connectivity index (χ1) is 11.4. The monoisotopic (exact) mass is 386 g/mol. The topological polar surface area (TPSA) is 0 Å². The molecule has 0 aromatic heterocycles. The molecule has 136 valence electrons. The fourth-order valence-corrected chi connectivity index (χ4v) is 2.88. The molecule has 0 N–H and O–H groups in total. The molecule has 2 rings (SSSR count). The molecule has 0 amide bonds. The lowest BCUT2D eigenvalue weighted by atomic mass is 10.1. The number of hydrogen-bond donors (Lipinski definition) is 0. The van der Waals surface area contributed by atoms with Crippen molar-refractivity contribution >= 4 is 11.8 Å². The molecular formula is C16H10F8S. The molecule has 0 saturated carbocycles. The van der Waals surface area contributed by atoms with E-state index < -0.39 is 36.8 Å². The van der Waals surface area contributed by atoms with Gasteiger partial charge in [-0.1, -0.05) is 23.9 Å². The third-order valence-electron chi connectivity index (χ3n) is 3.02. The van der Waals surface area contributed by atoms with Crippen LogP contribution in [0.25, 0.3) is 0 Å². The van der Waals surface area contributed by atoms with Crippen molar-refractivity contribution < 1.29 is 35.1 Å². The van der Waals surface area contributed by atoms with Crippen LogP contribution in [-0.2, 0) is 12.8 Å². The number of benzene rings is 2. The van der Waals surface area contributed by atoms with Crippen molar-refractivity contribution in [2.45, 2.75) is 35.0 Å². The van der Waals surface area contributed by atoms with Crippen molar-refractivity contribution in [1.29, 1.82) is 0 Å². The predicted octanol–water partition coefficient (Wildman–Crippen LogP) is 6.33. The zero-order chi connectivity index (χ0) is 18.8. The van der Waals surface area contributed by atoms with E-state index in [0.29, 0.717) is 23.9 Å². The van der Waals surface area contributed by atoms with E-state index >= 15 is 0 Å². The highest BCUT2D eigenvalue weighted by atomic mass is 32.2. The lowest BCUT2D eigenvalue weighted by molar-refractivity contribution is -0.128. The fraction of sp³-hybridized carbons (Fsp3) is 0.250. The zero-order valence-electron chi connectivity index (χ0n) is 12.3. The minimum Gasteiger partial charge on any atom is -0.206 e. The minimum atomic E-state index is -4.48. The second-order valence-electron chi connectivity index (χ2n) is 5.22. The molecule has 0 radical (unpaired) electrons. The standard InChI is InChI=1S/C16H10F8S/c17-11-5-9(7-15(19,20)21)1-3-13(11)25-14-4-2-10(6-12(14)18)8-16(22,23)24/h1-6H,7-8H2. The molecule has 0 aliphatic carbocycles. The summed E-state index contributed by atoms with van der Waals surface area (Å²) in [5, 5.41) is 0. The van der Waals surface area contributed by atoms with Crippen LogP contribution in [0.4, 0.5) is 35.1 Å². The van der Waals surface area contributed by atoms with Gasteiger partial charge in [-0.05, 0) is 35.4 Å². The van der Waals surface area contributed by atoms with E-state index in [1.807, 2.05) is 0 Å². The Hall–Kier alpha value is -1.77. The lowest BCUT2D eigenvalue weighted by Gasteiger charge is -2.10. The van der Waals surface area contributed by atoms with Gasteiger partial charge in [0.05, 0.1) is 12.8 Å². The van der Waals surface area contributed by atoms with Gasteiger partial charge < -0.3 is 0 Å². The Balaban J connectivity index is 2.17. The molecule has 0 nitrogen and oxygen atoms in total. The van der Waals surface area contributed by atoms with Crippen LogP contribution < -0.4 is 0 Å². The first kappa shape index (κ1) is 19.6. The maximum Gasteiger partial charge on any atom is 0.393 e. The molecule has 2 aromatic rings. The quantitative estimate of drug-likeness (QED) is 0.554. The Labute approximate surface area is 141 Å². The third-order valence-corrected chi connectivity index (χ3v) is 4.12. The van der Waals surface area contributed by atoms with Gasteiger partial charge in [0.15, 0.2) is 0 Å². The first-order valence-corrected chi connectivity index (χ1v) is 7.63. The summed E-state index contributed by atoms with van der Waals surface area (Å²) in [4.78, 5) is -0.262. The first-order valence-electron chi connectivity index (χ1n) is 6.81. The Morgan fingerprint density at radius 1 is 0.640 bits per heavy atom. The van der Waals surface area contributed by atoms with Gasteiger partial charge >= 0.3 is 12.4 Å². The van der Waals surface area contributed by atoms with Gasteiger partial charge in [0.1, 0.15) is 11.6 Å². The van der Waals surface area contributed by atoms with Crippen molar-refractivity contribution in [1.82, 2.24) is 0 Å². The van der Waals surface area contributed by atoms with Crippen LogP contribution in [0.5, 0.6) is 0 Å². The van der Waals surface area contributed by atoms with Crippen LogP contribution in [0, 0.1) is 11.6 Å². The van der Waals surface area contributed by atoms with Gasteiger partial charge in [0.25, 0.3) is 0 Å². The van der Waals surface area contributed by atoms with Crippen LogP contribution >= 0.6 is 11.8 Å². The average molecular weight is 386 g/mol. The van der Waals surface area contributed by atoms with Crippen molar-refractivity contribution in [2.24, 2.45) is 0 Å². The van der Waals surface area contributed by atoms with E-state index in [9.17, 15) is 35.1 Å². The summed E-state index contributed by atoms with van der Waals surface area (Å²) in [5.41, 5.74) is -0.564. The summed E-state index contributed by atoms with van der Waals surface area (Å²) in [7, 11) is 0. The molecule has 0 aliphatic heterocycles. The zero-order valence-corrected chi connectivity index (χ0v) is 13.1. The van der Waals surface area contributed by atoms with Gasteiger partial charge in [0.2, 0.25) is 0 Å². The Morgan fingerprint density at radius 2 is 1.00 bits per heavy atom. The number of halogens is 8. The summed E-state index contributed by atoms with van der Waals surface area (Å²) < 4.78 is 101. The molecule has 25 heavy (non-hydrogen) atoms. The minimum absolute atomic E-state index is 0.131. The number of alkyl halides is 6. The largest absolute Gasteiger partial charge is 0.393 e. The van der Waals surface area contributed by atoms with Crippen molar-refractivity contribution in [3.63, 3.8) is 0 Å². The molecule has 0 bridgehead atoms. The molecule has 0 heterocycles. The van der Waals surface area contributed by atoms with Crippen LogP contribution in [-0.4, -0.2) is 12.4 Å². The molecule has 0 unspecified atom stereocenters. The van der Waals surface area contributed by atoms with E-state index in [2.05, 4.69) is 0 Å². The summed E-state index contributed by atoms with van der Waals surface area (Å²) in [6.07, 6.45) is -11.6. The molecular weight excluding hydrogens is 376 g/mol. The average Bonchev–Trinajstić information content (AvgIpc) is 2.40. The van der Waals surface area contributed by atoms with E-state index in [1.165, 1.54) is 0 Å². The second kappa shape index (κ2) is 7.23. The fourth-order valence-electron chi connectivity index (χ4n) is 2.06. The smallest absolute Gasteiger partial charge is 0.206 e. The van der Waals surface area contributed by atoms with E-state index in [0.717, 1.165) is 24.3 Å². The SMILES string of the molecule is Fc1cc(CC(F)(F)F)ccc1Sc1ccc(CC(F)(F)F)cc1F. The van der Waals surface area contributed by atoms with Gasteiger partial charge in [-0.3, -0.25) is 0 Å². The van der Waals surface area contributed by atoms with Crippen LogP contribution in [0.1, 0.15) is 11.1 Å². The van der Waals surface area contributed by atoms with Gasteiger partial charge in [0, 0.05) is 9.79 Å². The van der Waals surface area contributed by atoms with Crippen LogP contribution in [0.2, 0.25) is 0 Å². The third kappa shape index (κ3) is 6.22. The highest BCUT2D eigenvalue weighted by molar-refractivity contribution is 7.99. The van der Waals surface area contributed by atoms with Crippen LogP contribution in [0.15, 0.2) is 46.2 Å². The summed E-state index contributed by atoms with van der Waals surface area (Å²) in [5.74, 6) is -1.93. The molecule has 0 fully saturated rings. The van der Waals surface area contributed by atoms with E-state index in [1.54, 1.807) is 0 Å². The summed E-state index contributed by atoms with van der Waals surface area (Å²) in [6, 6.07) is 5.68. The molecule has 0 saturated heterocycles. The van der Waals surface area contributed by atoms with E-state index in [4.69, 9.17) is 0 Å². The molecule has 2 aromatic carbocycles. The second-order valence-corrected chi connectivity index (χ2v) is 6.30. The molecule has 0 atom stereocenters. The summed E-state index contributed by atoms with van der Waals surface area (Å²) >= 11 is 0.582. The Bertz CT molecular complexity index is 685.